The molecular weight excluding hydrogens is 320 g/mol. The maximum absolute atomic E-state index is 11.7. The fourth-order valence-electron chi connectivity index (χ4n) is 3.76. The molecule has 3 N–H and O–H groups in total. The Balaban J connectivity index is 1.67. The van der Waals surface area contributed by atoms with Gasteiger partial charge >= 0.3 is 5.97 Å². The van der Waals surface area contributed by atoms with E-state index < -0.39 is 12.0 Å². The van der Waals surface area contributed by atoms with Crippen molar-refractivity contribution in [3.63, 3.8) is 0 Å². The predicted octanol–water partition coefficient (Wildman–Crippen LogP) is 2.68. The van der Waals surface area contributed by atoms with Crippen LogP contribution in [0.3, 0.4) is 0 Å². The van der Waals surface area contributed by atoms with Crippen LogP contribution in [0.4, 0.5) is 0 Å². The second kappa shape index (κ2) is 5.34. The Bertz CT molecular complexity index is 994. The number of carboxylic acids is 1. The number of carbonyl (C=O) groups is 1. The molecular formula is C19H16N2O4. The Hall–Kier alpha value is -2.83. The third-order valence-electron chi connectivity index (χ3n) is 5.00. The monoisotopic (exact) mass is 336 g/mol. The van der Waals surface area contributed by atoms with E-state index in [0.29, 0.717) is 18.8 Å². The van der Waals surface area contributed by atoms with Gasteiger partial charge in [-0.2, -0.15) is 4.89 Å². The van der Waals surface area contributed by atoms with Crippen LogP contribution in [0.2, 0.25) is 0 Å². The first kappa shape index (κ1) is 14.5. The van der Waals surface area contributed by atoms with Gasteiger partial charge in [-0.25, -0.2) is 0 Å². The third-order valence-corrected chi connectivity index (χ3v) is 5.00. The average molecular weight is 336 g/mol. The predicted molar refractivity (Wildman–Crippen MR) is 90.3 cm³/mol. The highest BCUT2D eigenvalue weighted by Crippen LogP contribution is 2.37. The van der Waals surface area contributed by atoms with Gasteiger partial charge in [0.25, 0.3) is 0 Å². The van der Waals surface area contributed by atoms with E-state index in [1.807, 2.05) is 42.5 Å². The topological polar surface area (TPSA) is 83.6 Å². The molecule has 6 nitrogen and oxygen atoms in total. The lowest BCUT2D eigenvalue weighted by Gasteiger charge is -2.29. The number of aromatic amines is 1. The molecule has 6 heteroatoms. The highest BCUT2D eigenvalue weighted by Gasteiger charge is 2.34. The summed E-state index contributed by atoms with van der Waals surface area (Å²) in [7, 11) is 0. The molecule has 1 aromatic heterocycles. The number of aliphatic carboxylic acids is 1. The van der Waals surface area contributed by atoms with E-state index in [9.17, 15) is 9.90 Å². The second-order valence-electron chi connectivity index (χ2n) is 6.47. The summed E-state index contributed by atoms with van der Waals surface area (Å²) in [5.74, 6) is -0.156. The van der Waals surface area contributed by atoms with E-state index >= 15 is 0 Å². The minimum Gasteiger partial charge on any atom is -0.480 e. The summed E-state index contributed by atoms with van der Waals surface area (Å²) in [5, 5.41) is 13.9. The molecule has 0 spiro atoms. The Labute approximate surface area is 143 Å². The largest absolute Gasteiger partial charge is 0.480 e. The Morgan fingerprint density at radius 2 is 2.08 bits per heavy atom. The van der Waals surface area contributed by atoms with Crippen LogP contribution < -0.4 is 10.2 Å². The fourth-order valence-corrected chi connectivity index (χ4v) is 3.76. The molecule has 0 bridgehead atoms. The normalized spacial score (nSPS) is 21.6. The second-order valence-corrected chi connectivity index (χ2v) is 6.47. The summed E-state index contributed by atoms with van der Waals surface area (Å²) in [6, 6.07) is 13.0. The van der Waals surface area contributed by atoms with Crippen LogP contribution in [0.25, 0.3) is 10.9 Å². The summed E-state index contributed by atoms with van der Waals surface area (Å²) in [6.07, 6.45) is 0.454. The molecule has 3 heterocycles. The number of benzene rings is 2. The number of carboxylic acid groups (broad SMARTS) is 1. The third kappa shape index (κ3) is 2.22. The lowest BCUT2D eigenvalue weighted by atomic mass is 9.90. The summed E-state index contributed by atoms with van der Waals surface area (Å²) >= 11 is 0. The van der Waals surface area contributed by atoms with E-state index in [2.05, 4.69) is 10.3 Å². The molecule has 0 amide bonds. The molecule has 2 unspecified atom stereocenters. The van der Waals surface area contributed by atoms with Gasteiger partial charge in [-0.15, -0.1) is 0 Å². The fraction of sp³-hybridized carbons (Fsp3) is 0.211. The standard InChI is InChI=1S/C19H16N2O4/c22-19(23)15-8-13-12-3-1-2-4-14(12)20-18(13)17(21-15)10-5-6-11-9-24-25-16(11)7-10/h1-7,15,17,20-21H,8-9H2,(H,22,23). The van der Waals surface area contributed by atoms with Gasteiger partial charge < -0.3 is 15.0 Å². The Morgan fingerprint density at radius 3 is 2.96 bits per heavy atom. The van der Waals surface area contributed by atoms with Gasteiger partial charge in [-0.1, -0.05) is 30.3 Å². The van der Waals surface area contributed by atoms with Gasteiger partial charge in [-0.05, 0) is 23.3 Å². The van der Waals surface area contributed by atoms with E-state index in [4.69, 9.17) is 9.78 Å². The molecule has 5 rings (SSSR count). The summed E-state index contributed by atoms with van der Waals surface area (Å²) < 4.78 is 0. The lowest BCUT2D eigenvalue weighted by molar-refractivity contribution is -0.194. The minimum absolute atomic E-state index is 0.244. The molecule has 25 heavy (non-hydrogen) atoms. The van der Waals surface area contributed by atoms with Crippen LogP contribution in [0.15, 0.2) is 42.5 Å². The maximum atomic E-state index is 11.7. The van der Waals surface area contributed by atoms with Crippen LogP contribution in [-0.4, -0.2) is 22.1 Å². The summed E-state index contributed by atoms with van der Waals surface area (Å²) in [6.45, 7) is 0.434. The van der Waals surface area contributed by atoms with E-state index in [-0.39, 0.29) is 6.04 Å². The van der Waals surface area contributed by atoms with Crippen molar-refractivity contribution in [3.05, 3.63) is 64.8 Å². The molecule has 2 aliphatic heterocycles. The minimum atomic E-state index is -0.846. The first-order valence-electron chi connectivity index (χ1n) is 8.21. The van der Waals surface area contributed by atoms with Crippen LogP contribution >= 0.6 is 0 Å². The summed E-state index contributed by atoms with van der Waals surface area (Å²) in [5.41, 5.74) is 5.03. The van der Waals surface area contributed by atoms with Gasteiger partial charge in [0.15, 0.2) is 5.75 Å². The highest BCUT2D eigenvalue weighted by molar-refractivity contribution is 5.87. The SMILES string of the molecule is O=C(O)C1Cc2c([nH]c3ccccc23)C(c2ccc3c(c2)OOC3)N1. The van der Waals surface area contributed by atoms with Crippen LogP contribution in [-0.2, 0) is 22.7 Å². The molecule has 0 aliphatic carbocycles. The molecule has 0 saturated heterocycles. The summed E-state index contributed by atoms with van der Waals surface area (Å²) in [4.78, 5) is 25.3. The van der Waals surface area contributed by atoms with E-state index in [1.54, 1.807) is 0 Å². The van der Waals surface area contributed by atoms with Crippen LogP contribution in [0, 0.1) is 0 Å². The lowest BCUT2D eigenvalue weighted by Crippen LogP contribution is -2.44. The van der Waals surface area contributed by atoms with E-state index in [1.165, 1.54) is 0 Å². The number of para-hydroxylation sites is 1. The Kier molecular flexibility index (Phi) is 3.10. The molecule has 2 atom stereocenters. The number of rotatable bonds is 2. The van der Waals surface area contributed by atoms with Crippen LogP contribution in [0.1, 0.15) is 28.4 Å². The average Bonchev–Trinajstić information content (AvgIpc) is 3.24. The number of aromatic nitrogens is 1. The zero-order valence-electron chi connectivity index (χ0n) is 13.3. The molecule has 0 radical (unpaired) electrons. The van der Waals surface area contributed by atoms with Crippen molar-refractivity contribution in [1.82, 2.24) is 10.3 Å². The number of hydrogen-bond acceptors (Lipinski definition) is 4. The number of nitrogens with one attached hydrogen (secondary N) is 2. The Morgan fingerprint density at radius 1 is 1.20 bits per heavy atom. The molecule has 0 saturated carbocycles. The van der Waals surface area contributed by atoms with Crippen molar-refractivity contribution in [1.29, 1.82) is 0 Å². The van der Waals surface area contributed by atoms with Gasteiger partial charge in [0.2, 0.25) is 0 Å². The molecule has 126 valence electrons. The van der Waals surface area contributed by atoms with Crippen molar-refractivity contribution < 1.29 is 19.7 Å². The molecule has 3 aromatic rings. The van der Waals surface area contributed by atoms with E-state index in [0.717, 1.165) is 33.3 Å². The van der Waals surface area contributed by atoms with Crippen molar-refractivity contribution >= 4 is 16.9 Å². The first-order chi connectivity index (χ1) is 12.2. The number of fused-ring (bicyclic) bond motifs is 4. The van der Waals surface area contributed by atoms with Crippen LogP contribution in [0.5, 0.6) is 5.75 Å². The quantitative estimate of drug-likeness (QED) is 0.627. The molecule has 2 aromatic carbocycles. The van der Waals surface area contributed by atoms with Gasteiger partial charge in [0.1, 0.15) is 12.6 Å². The van der Waals surface area contributed by atoms with Crippen molar-refractivity contribution in [2.24, 2.45) is 0 Å². The first-order valence-corrected chi connectivity index (χ1v) is 8.21. The van der Waals surface area contributed by atoms with Crippen molar-refractivity contribution in [2.45, 2.75) is 25.1 Å². The van der Waals surface area contributed by atoms with Gasteiger partial charge in [0.05, 0.1) is 6.04 Å². The van der Waals surface area contributed by atoms with Crippen molar-refractivity contribution in [3.8, 4) is 5.75 Å². The highest BCUT2D eigenvalue weighted by atomic mass is 17.2. The maximum Gasteiger partial charge on any atom is 0.321 e. The molecule has 0 fully saturated rings. The molecule has 2 aliphatic rings. The number of H-pyrrole nitrogens is 1. The van der Waals surface area contributed by atoms with Crippen molar-refractivity contribution in [2.75, 3.05) is 0 Å². The zero-order chi connectivity index (χ0) is 17.0. The van der Waals surface area contributed by atoms with Gasteiger partial charge in [-0.3, -0.25) is 10.1 Å². The zero-order valence-corrected chi connectivity index (χ0v) is 13.3. The smallest absolute Gasteiger partial charge is 0.321 e. The van der Waals surface area contributed by atoms with Gasteiger partial charge in [0, 0.05) is 28.6 Å². The number of hydrogen-bond donors (Lipinski definition) is 3.